The van der Waals surface area contributed by atoms with Gasteiger partial charge in [-0.1, -0.05) is 6.92 Å². The molecule has 0 fully saturated rings. The Hall–Kier alpha value is -1.55. The number of carbonyl (C=O) groups excluding carboxylic acids is 1. The Morgan fingerprint density at radius 3 is 2.55 bits per heavy atom. The van der Waals surface area contributed by atoms with Gasteiger partial charge >= 0.3 is 0 Å². The molecule has 0 radical (unpaired) electrons. The molecule has 1 aromatic rings. The van der Waals surface area contributed by atoms with E-state index in [4.69, 9.17) is 14.2 Å². The highest BCUT2D eigenvalue weighted by molar-refractivity contribution is 5.79. The predicted octanol–water partition coefficient (Wildman–Crippen LogP) is 3.48. The highest BCUT2D eigenvalue weighted by Crippen LogP contribution is 2.25. The van der Waals surface area contributed by atoms with E-state index in [9.17, 15) is 4.79 Å². The minimum absolute atomic E-state index is 0.238. The van der Waals surface area contributed by atoms with Crippen molar-refractivity contribution >= 4 is 6.29 Å². The van der Waals surface area contributed by atoms with Gasteiger partial charge in [-0.3, -0.25) is 4.79 Å². The van der Waals surface area contributed by atoms with E-state index in [2.05, 4.69) is 0 Å². The minimum atomic E-state index is -0.238. The van der Waals surface area contributed by atoms with Gasteiger partial charge in [0.2, 0.25) is 0 Å². The zero-order valence-corrected chi connectivity index (χ0v) is 12.8. The van der Waals surface area contributed by atoms with Crippen LogP contribution in [0.25, 0.3) is 0 Å². The number of hydrogen-bond acceptors (Lipinski definition) is 4. The third-order valence-corrected chi connectivity index (χ3v) is 3.10. The molecule has 0 aliphatic rings. The van der Waals surface area contributed by atoms with Crippen LogP contribution in [-0.4, -0.2) is 32.2 Å². The fourth-order valence-corrected chi connectivity index (χ4v) is 1.56. The summed E-state index contributed by atoms with van der Waals surface area (Å²) in [6.45, 7) is 7.18. The molecule has 20 heavy (non-hydrogen) atoms. The van der Waals surface area contributed by atoms with Crippen LogP contribution >= 0.6 is 0 Å². The van der Waals surface area contributed by atoms with Gasteiger partial charge in [-0.2, -0.15) is 0 Å². The topological polar surface area (TPSA) is 44.8 Å². The molecule has 0 atom stereocenters. The van der Waals surface area contributed by atoms with E-state index in [-0.39, 0.29) is 5.60 Å². The zero-order chi connectivity index (χ0) is 15.0. The van der Waals surface area contributed by atoms with Gasteiger partial charge in [-0.15, -0.1) is 0 Å². The van der Waals surface area contributed by atoms with Crippen molar-refractivity contribution in [1.82, 2.24) is 0 Å². The van der Waals surface area contributed by atoms with Crippen LogP contribution < -0.4 is 9.47 Å². The second kappa shape index (κ2) is 7.90. The van der Waals surface area contributed by atoms with Crippen molar-refractivity contribution in [2.24, 2.45) is 0 Å². The number of rotatable bonds is 9. The summed E-state index contributed by atoms with van der Waals surface area (Å²) in [5.41, 5.74) is 0.293. The average Bonchev–Trinajstić information content (AvgIpc) is 2.45. The van der Waals surface area contributed by atoms with Crippen molar-refractivity contribution in [3.05, 3.63) is 23.8 Å². The lowest BCUT2D eigenvalue weighted by molar-refractivity contribution is 0.00541. The smallest absolute Gasteiger partial charge is 0.153 e. The summed E-state index contributed by atoms with van der Waals surface area (Å²) in [5.74, 6) is 1.28. The van der Waals surface area contributed by atoms with Gasteiger partial charge in [0, 0.05) is 19.6 Å². The van der Waals surface area contributed by atoms with Gasteiger partial charge in [0.1, 0.15) is 11.5 Å². The van der Waals surface area contributed by atoms with E-state index in [1.54, 1.807) is 25.3 Å². The number of methoxy groups -OCH3 is 1. The van der Waals surface area contributed by atoms with E-state index < -0.39 is 0 Å². The van der Waals surface area contributed by atoms with Crippen LogP contribution in [0.15, 0.2) is 18.2 Å². The molecule has 0 spiro atoms. The van der Waals surface area contributed by atoms with E-state index in [0.29, 0.717) is 24.5 Å². The third kappa shape index (κ3) is 5.21. The first-order chi connectivity index (χ1) is 9.52. The molecule has 0 amide bonds. The van der Waals surface area contributed by atoms with Crippen LogP contribution in [0.5, 0.6) is 11.5 Å². The highest BCUT2D eigenvalue weighted by Gasteiger charge is 2.16. The van der Waals surface area contributed by atoms with Crippen LogP contribution in [0.2, 0.25) is 0 Å². The van der Waals surface area contributed by atoms with Crippen LogP contribution in [-0.2, 0) is 4.74 Å². The van der Waals surface area contributed by atoms with Crippen LogP contribution in [0.3, 0.4) is 0 Å². The van der Waals surface area contributed by atoms with Crippen molar-refractivity contribution in [2.45, 2.75) is 39.2 Å². The lowest BCUT2D eigenvalue weighted by Gasteiger charge is -2.22. The number of ether oxygens (including phenoxy) is 3. The largest absolute Gasteiger partial charge is 0.493 e. The molecule has 112 valence electrons. The molecular weight excluding hydrogens is 256 g/mol. The summed E-state index contributed by atoms with van der Waals surface area (Å²) >= 11 is 0. The maximum Gasteiger partial charge on any atom is 0.153 e. The molecule has 0 aliphatic heterocycles. The summed E-state index contributed by atoms with van der Waals surface area (Å²) in [6, 6.07) is 5.26. The number of carbonyl (C=O) groups is 1. The van der Waals surface area contributed by atoms with Gasteiger partial charge < -0.3 is 14.2 Å². The van der Waals surface area contributed by atoms with E-state index in [0.717, 1.165) is 24.9 Å². The maximum atomic E-state index is 11.0. The molecule has 1 aromatic carbocycles. The lowest BCUT2D eigenvalue weighted by Crippen LogP contribution is -2.25. The predicted molar refractivity (Wildman–Crippen MR) is 78.8 cm³/mol. The average molecular weight is 280 g/mol. The van der Waals surface area contributed by atoms with Gasteiger partial charge in [0.15, 0.2) is 6.29 Å². The van der Waals surface area contributed by atoms with E-state index in [1.165, 1.54) is 0 Å². The first kappa shape index (κ1) is 16.5. The highest BCUT2D eigenvalue weighted by atomic mass is 16.5. The number of aldehydes is 1. The van der Waals surface area contributed by atoms with E-state index in [1.807, 2.05) is 20.8 Å². The van der Waals surface area contributed by atoms with Crippen molar-refractivity contribution in [3.63, 3.8) is 0 Å². The minimum Gasteiger partial charge on any atom is -0.493 e. The van der Waals surface area contributed by atoms with Gasteiger partial charge in [-0.05, 0) is 32.4 Å². The Labute approximate surface area is 121 Å². The quantitative estimate of drug-likeness (QED) is 0.650. The molecule has 0 aromatic heterocycles. The lowest BCUT2D eigenvalue weighted by atomic mass is 10.1. The van der Waals surface area contributed by atoms with Crippen molar-refractivity contribution in [1.29, 1.82) is 0 Å². The maximum absolute atomic E-state index is 11.0. The molecule has 0 saturated carbocycles. The summed E-state index contributed by atoms with van der Waals surface area (Å²) in [6.07, 6.45) is 2.47. The molecule has 0 aliphatic carbocycles. The van der Waals surface area contributed by atoms with Gasteiger partial charge in [-0.25, -0.2) is 0 Å². The fraction of sp³-hybridized carbons (Fsp3) is 0.562. The Balaban J connectivity index is 2.68. The van der Waals surface area contributed by atoms with Crippen LogP contribution in [0, 0.1) is 0 Å². The van der Waals surface area contributed by atoms with Crippen LogP contribution in [0.1, 0.15) is 44.0 Å². The Kier molecular flexibility index (Phi) is 6.52. The first-order valence-corrected chi connectivity index (χ1v) is 6.92. The molecule has 0 N–H and O–H groups in total. The third-order valence-electron chi connectivity index (χ3n) is 3.10. The molecule has 0 saturated heterocycles. The number of hydrogen-bond donors (Lipinski definition) is 0. The second-order valence-corrected chi connectivity index (χ2v) is 5.23. The fourth-order valence-electron chi connectivity index (χ4n) is 1.56. The standard InChI is InChI=1S/C16H24O4/c1-5-9-19-14-7-6-13(12-17)15(11-14)20-10-8-16(2,3)18-4/h6-7,11-12H,5,8-10H2,1-4H3. The van der Waals surface area contributed by atoms with Crippen LogP contribution in [0.4, 0.5) is 0 Å². The monoisotopic (exact) mass is 280 g/mol. The molecule has 4 heteroatoms. The van der Waals surface area contributed by atoms with Crippen molar-refractivity contribution in [3.8, 4) is 11.5 Å². The number of benzene rings is 1. The summed E-state index contributed by atoms with van der Waals surface area (Å²) in [5, 5.41) is 0. The Morgan fingerprint density at radius 2 is 1.95 bits per heavy atom. The normalized spacial score (nSPS) is 11.2. The summed E-state index contributed by atoms with van der Waals surface area (Å²) < 4.78 is 16.6. The van der Waals surface area contributed by atoms with Crippen molar-refractivity contribution < 1.29 is 19.0 Å². The molecule has 0 heterocycles. The molecular formula is C16H24O4. The first-order valence-electron chi connectivity index (χ1n) is 6.92. The van der Waals surface area contributed by atoms with Gasteiger partial charge in [0.25, 0.3) is 0 Å². The van der Waals surface area contributed by atoms with Crippen molar-refractivity contribution in [2.75, 3.05) is 20.3 Å². The molecule has 0 bridgehead atoms. The Morgan fingerprint density at radius 1 is 1.20 bits per heavy atom. The summed E-state index contributed by atoms with van der Waals surface area (Å²) in [7, 11) is 1.68. The molecule has 4 nitrogen and oxygen atoms in total. The van der Waals surface area contributed by atoms with E-state index >= 15 is 0 Å². The molecule has 1 rings (SSSR count). The second-order valence-electron chi connectivity index (χ2n) is 5.23. The zero-order valence-electron chi connectivity index (χ0n) is 12.8. The molecule has 0 unspecified atom stereocenters. The SMILES string of the molecule is CCCOc1ccc(C=O)c(OCCC(C)(C)OC)c1. The summed E-state index contributed by atoms with van der Waals surface area (Å²) in [4.78, 5) is 11.0. The van der Waals surface area contributed by atoms with Gasteiger partial charge in [0.05, 0.1) is 24.4 Å². The Bertz CT molecular complexity index is 426.